The van der Waals surface area contributed by atoms with Gasteiger partial charge in [0.15, 0.2) is 6.61 Å². The SMILES string of the molecule is CCOc1ccc(C(=O)NNC(=O)COc2ccc(Oc3ccccc3)cc2)cc1. The van der Waals surface area contributed by atoms with Crippen LogP contribution in [0.2, 0.25) is 0 Å². The van der Waals surface area contributed by atoms with Crippen LogP contribution in [0, 0.1) is 0 Å². The molecule has 0 fully saturated rings. The summed E-state index contributed by atoms with van der Waals surface area (Å²) in [6, 6.07) is 22.9. The molecule has 7 heteroatoms. The van der Waals surface area contributed by atoms with E-state index in [-0.39, 0.29) is 6.61 Å². The van der Waals surface area contributed by atoms with E-state index in [4.69, 9.17) is 14.2 Å². The number of para-hydroxylation sites is 1. The highest BCUT2D eigenvalue weighted by Crippen LogP contribution is 2.23. The monoisotopic (exact) mass is 406 g/mol. The second kappa shape index (κ2) is 10.5. The Morgan fingerprint density at radius 2 is 1.27 bits per heavy atom. The predicted octanol–water partition coefficient (Wildman–Crippen LogP) is 3.72. The lowest BCUT2D eigenvalue weighted by atomic mass is 10.2. The Labute approximate surface area is 174 Å². The number of hydrazine groups is 1. The van der Waals surface area contributed by atoms with Gasteiger partial charge in [0.2, 0.25) is 0 Å². The second-order valence-electron chi connectivity index (χ2n) is 6.13. The van der Waals surface area contributed by atoms with Crippen LogP contribution < -0.4 is 25.1 Å². The van der Waals surface area contributed by atoms with Gasteiger partial charge in [-0.2, -0.15) is 0 Å². The number of hydrogen-bond acceptors (Lipinski definition) is 5. The minimum absolute atomic E-state index is 0.248. The van der Waals surface area contributed by atoms with E-state index in [1.807, 2.05) is 37.3 Å². The number of carbonyl (C=O) groups excluding carboxylic acids is 2. The summed E-state index contributed by atoms with van der Waals surface area (Å²) in [6.45, 7) is 2.18. The molecule has 0 aliphatic rings. The minimum atomic E-state index is -0.487. The van der Waals surface area contributed by atoms with E-state index >= 15 is 0 Å². The number of benzene rings is 3. The van der Waals surface area contributed by atoms with Crippen LogP contribution in [0.25, 0.3) is 0 Å². The lowest BCUT2D eigenvalue weighted by molar-refractivity contribution is -0.123. The van der Waals surface area contributed by atoms with Crippen LogP contribution in [0.3, 0.4) is 0 Å². The summed E-state index contributed by atoms with van der Waals surface area (Å²) >= 11 is 0. The minimum Gasteiger partial charge on any atom is -0.494 e. The largest absolute Gasteiger partial charge is 0.494 e. The molecule has 0 atom stereocenters. The molecule has 0 aromatic heterocycles. The topological polar surface area (TPSA) is 85.9 Å². The Morgan fingerprint density at radius 3 is 1.93 bits per heavy atom. The molecule has 0 bridgehead atoms. The molecule has 2 amide bonds. The van der Waals surface area contributed by atoms with Crippen molar-refractivity contribution in [3.63, 3.8) is 0 Å². The van der Waals surface area contributed by atoms with Gasteiger partial charge in [0.25, 0.3) is 11.8 Å². The molecule has 2 N–H and O–H groups in total. The van der Waals surface area contributed by atoms with Crippen molar-refractivity contribution in [2.24, 2.45) is 0 Å². The molecule has 0 aliphatic carbocycles. The van der Waals surface area contributed by atoms with Gasteiger partial charge in [0.1, 0.15) is 23.0 Å². The normalized spacial score (nSPS) is 10.0. The Bertz CT molecular complexity index is 957. The van der Waals surface area contributed by atoms with Crippen molar-refractivity contribution in [1.82, 2.24) is 10.9 Å². The van der Waals surface area contributed by atoms with Gasteiger partial charge >= 0.3 is 0 Å². The van der Waals surface area contributed by atoms with Crippen LogP contribution in [0.1, 0.15) is 17.3 Å². The van der Waals surface area contributed by atoms with Crippen LogP contribution in [0.5, 0.6) is 23.0 Å². The summed E-state index contributed by atoms with van der Waals surface area (Å²) in [5, 5.41) is 0. The molecule has 0 aliphatic heterocycles. The van der Waals surface area contributed by atoms with Crippen molar-refractivity contribution < 1.29 is 23.8 Å². The number of hydrogen-bond donors (Lipinski definition) is 2. The van der Waals surface area contributed by atoms with Crippen molar-refractivity contribution in [2.75, 3.05) is 13.2 Å². The molecule has 154 valence electrons. The molecular formula is C23H22N2O5. The van der Waals surface area contributed by atoms with Gasteiger partial charge < -0.3 is 14.2 Å². The Kier molecular flexibility index (Phi) is 7.27. The molecule has 3 rings (SSSR count). The quantitative estimate of drug-likeness (QED) is 0.557. The third kappa shape index (κ3) is 6.27. The smallest absolute Gasteiger partial charge is 0.276 e. The van der Waals surface area contributed by atoms with Gasteiger partial charge in [-0.15, -0.1) is 0 Å². The van der Waals surface area contributed by atoms with Crippen molar-refractivity contribution in [1.29, 1.82) is 0 Å². The summed E-state index contributed by atoms with van der Waals surface area (Å²) in [5.41, 5.74) is 5.06. The second-order valence-corrected chi connectivity index (χ2v) is 6.13. The number of amides is 2. The zero-order chi connectivity index (χ0) is 21.2. The fraction of sp³-hybridized carbons (Fsp3) is 0.130. The van der Waals surface area contributed by atoms with E-state index < -0.39 is 11.8 Å². The Morgan fingerprint density at radius 1 is 0.700 bits per heavy atom. The zero-order valence-corrected chi connectivity index (χ0v) is 16.5. The molecule has 3 aromatic rings. The molecule has 7 nitrogen and oxygen atoms in total. The van der Waals surface area contributed by atoms with E-state index in [2.05, 4.69) is 10.9 Å². The van der Waals surface area contributed by atoms with Gasteiger partial charge in [-0.05, 0) is 67.6 Å². The Balaban J connectivity index is 1.41. The molecule has 3 aromatic carbocycles. The highest BCUT2D eigenvalue weighted by molar-refractivity contribution is 5.95. The maximum absolute atomic E-state index is 12.1. The molecule has 0 spiro atoms. The summed E-state index contributed by atoms with van der Waals surface area (Å²) < 4.78 is 16.4. The number of nitrogens with one attached hydrogen (secondary N) is 2. The van der Waals surface area contributed by atoms with E-state index in [1.165, 1.54) is 0 Å². The van der Waals surface area contributed by atoms with Crippen LogP contribution in [-0.2, 0) is 4.79 Å². The van der Waals surface area contributed by atoms with Gasteiger partial charge in [-0.25, -0.2) is 0 Å². The molecule has 30 heavy (non-hydrogen) atoms. The van der Waals surface area contributed by atoms with E-state index in [9.17, 15) is 9.59 Å². The van der Waals surface area contributed by atoms with Crippen LogP contribution in [0.15, 0.2) is 78.9 Å². The summed E-state index contributed by atoms with van der Waals surface area (Å²) in [4.78, 5) is 24.0. The fourth-order valence-corrected chi connectivity index (χ4v) is 2.48. The first-order valence-corrected chi connectivity index (χ1v) is 9.42. The zero-order valence-electron chi connectivity index (χ0n) is 16.5. The van der Waals surface area contributed by atoms with E-state index in [1.54, 1.807) is 48.5 Å². The third-order valence-electron chi connectivity index (χ3n) is 3.92. The van der Waals surface area contributed by atoms with Gasteiger partial charge in [-0.3, -0.25) is 20.4 Å². The van der Waals surface area contributed by atoms with Gasteiger partial charge in [-0.1, -0.05) is 18.2 Å². The number of carbonyl (C=O) groups is 2. The van der Waals surface area contributed by atoms with Crippen LogP contribution in [0.4, 0.5) is 0 Å². The highest BCUT2D eigenvalue weighted by atomic mass is 16.5. The van der Waals surface area contributed by atoms with E-state index in [0.29, 0.717) is 29.4 Å². The summed E-state index contributed by atoms with van der Waals surface area (Å²) in [7, 11) is 0. The molecule has 0 heterocycles. The maximum atomic E-state index is 12.1. The van der Waals surface area contributed by atoms with Gasteiger partial charge in [0.05, 0.1) is 6.61 Å². The van der Waals surface area contributed by atoms with Gasteiger partial charge in [0, 0.05) is 5.56 Å². The predicted molar refractivity (Wildman–Crippen MR) is 112 cm³/mol. The standard InChI is InChI=1S/C23H22N2O5/c1-2-28-18-10-8-17(9-11-18)23(27)25-24-22(26)16-29-19-12-14-21(15-13-19)30-20-6-4-3-5-7-20/h3-15H,2,16H2,1H3,(H,24,26)(H,25,27). The van der Waals surface area contributed by atoms with Crippen molar-refractivity contribution in [3.8, 4) is 23.0 Å². The lowest BCUT2D eigenvalue weighted by Crippen LogP contribution is -2.43. The van der Waals surface area contributed by atoms with Crippen molar-refractivity contribution in [2.45, 2.75) is 6.92 Å². The highest BCUT2D eigenvalue weighted by Gasteiger charge is 2.08. The molecule has 0 radical (unpaired) electrons. The molecule has 0 saturated heterocycles. The first-order valence-electron chi connectivity index (χ1n) is 9.42. The van der Waals surface area contributed by atoms with Crippen LogP contribution >= 0.6 is 0 Å². The maximum Gasteiger partial charge on any atom is 0.276 e. The molecular weight excluding hydrogens is 384 g/mol. The Hall–Kier alpha value is -4.00. The van der Waals surface area contributed by atoms with E-state index in [0.717, 1.165) is 5.75 Å². The van der Waals surface area contributed by atoms with Crippen molar-refractivity contribution in [3.05, 3.63) is 84.4 Å². The van der Waals surface area contributed by atoms with Crippen LogP contribution in [-0.4, -0.2) is 25.0 Å². The fourth-order valence-electron chi connectivity index (χ4n) is 2.48. The van der Waals surface area contributed by atoms with Crippen molar-refractivity contribution >= 4 is 11.8 Å². The summed E-state index contributed by atoms with van der Waals surface area (Å²) in [6.07, 6.45) is 0. The lowest BCUT2D eigenvalue weighted by Gasteiger charge is -2.10. The number of ether oxygens (including phenoxy) is 3. The first kappa shape index (κ1) is 20.7. The average molecular weight is 406 g/mol. The first-order chi connectivity index (χ1) is 14.6. The average Bonchev–Trinajstić information content (AvgIpc) is 2.78. The summed E-state index contributed by atoms with van der Waals surface area (Å²) in [5.74, 6) is 1.64. The molecule has 0 saturated carbocycles. The molecule has 0 unspecified atom stereocenters. The third-order valence-corrected chi connectivity index (χ3v) is 3.92. The number of rotatable bonds is 8.